The highest BCUT2D eigenvalue weighted by Gasteiger charge is 2.53. The minimum atomic E-state index is -0.426. The first kappa shape index (κ1) is 11.9. The van der Waals surface area contributed by atoms with Crippen molar-refractivity contribution in [3.05, 3.63) is 0 Å². The van der Waals surface area contributed by atoms with E-state index in [2.05, 4.69) is 13.8 Å². The van der Waals surface area contributed by atoms with Gasteiger partial charge in [0, 0.05) is 20.2 Å². The smallest absolute Gasteiger partial charge is 0.254 e. The molecule has 2 fully saturated rings. The van der Waals surface area contributed by atoms with Gasteiger partial charge in [-0.3, -0.25) is 4.79 Å². The summed E-state index contributed by atoms with van der Waals surface area (Å²) in [6.07, 6.45) is 4.20. The highest BCUT2D eigenvalue weighted by Crippen LogP contribution is 2.42. The van der Waals surface area contributed by atoms with Crippen molar-refractivity contribution in [2.75, 3.05) is 20.2 Å². The molecule has 1 saturated carbocycles. The van der Waals surface area contributed by atoms with E-state index in [-0.39, 0.29) is 5.91 Å². The Balaban J connectivity index is 1.91. The van der Waals surface area contributed by atoms with Gasteiger partial charge in [0.25, 0.3) is 5.91 Å². The van der Waals surface area contributed by atoms with Crippen LogP contribution < -0.4 is 0 Å². The van der Waals surface area contributed by atoms with Gasteiger partial charge < -0.3 is 9.64 Å². The van der Waals surface area contributed by atoms with Crippen molar-refractivity contribution >= 4 is 5.91 Å². The van der Waals surface area contributed by atoms with Crippen LogP contribution in [0, 0.1) is 11.8 Å². The Labute approximate surface area is 98.1 Å². The van der Waals surface area contributed by atoms with Gasteiger partial charge in [-0.05, 0) is 31.1 Å². The van der Waals surface area contributed by atoms with Crippen molar-refractivity contribution in [3.63, 3.8) is 0 Å². The number of carbonyl (C=O) groups is 1. The van der Waals surface area contributed by atoms with Crippen LogP contribution in [0.25, 0.3) is 0 Å². The summed E-state index contributed by atoms with van der Waals surface area (Å²) in [6.45, 7) is 6.40. The molecule has 0 N–H and O–H groups in total. The Morgan fingerprint density at radius 3 is 2.75 bits per heavy atom. The van der Waals surface area contributed by atoms with E-state index in [9.17, 15) is 4.79 Å². The third-order valence-electron chi connectivity index (χ3n) is 4.45. The molecular formula is C13H23NO2. The molecule has 2 aliphatic rings. The molecule has 1 saturated heterocycles. The van der Waals surface area contributed by atoms with Gasteiger partial charge in [0.15, 0.2) is 0 Å². The molecule has 0 radical (unpaired) electrons. The van der Waals surface area contributed by atoms with Gasteiger partial charge in [-0.15, -0.1) is 0 Å². The van der Waals surface area contributed by atoms with Crippen LogP contribution in [0.15, 0.2) is 0 Å². The second-order valence-corrected chi connectivity index (χ2v) is 5.38. The number of carbonyl (C=O) groups excluding carboxylic acids is 1. The molecule has 16 heavy (non-hydrogen) atoms. The second-order valence-electron chi connectivity index (χ2n) is 5.38. The fourth-order valence-electron chi connectivity index (χ4n) is 2.68. The van der Waals surface area contributed by atoms with Crippen molar-refractivity contribution in [3.8, 4) is 0 Å². The standard InChI is InChI=1S/C13H23NO2/c1-4-10(2)11-5-8-14(9-11)12(15)13(16-3)6-7-13/h10-11H,4-9H2,1-3H3. The van der Waals surface area contributed by atoms with Crippen LogP contribution in [0.1, 0.15) is 39.5 Å². The van der Waals surface area contributed by atoms with Gasteiger partial charge in [0.1, 0.15) is 5.60 Å². The Kier molecular flexibility index (Phi) is 3.24. The third kappa shape index (κ3) is 1.97. The maximum atomic E-state index is 12.2. The van der Waals surface area contributed by atoms with Crippen LogP contribution in [0.4, 0.5) is 0 Å². The zero-order valence-corrected chi connectivity index (χ0v) is 10.7. The molecule has 1 heterocycles. The summed E-state index contributed by atoms with van der Waals surface area (Å²) < 4.78 is 5.35. The first-order valence-electron chi connectivity index (χ1n) is 6.47. The van der Waals surface area contributed by atoms with E-state index >= 15 is 0 Å². The topological polar surface area (TPSA) is 29.5 Å². The Bertz CT molecular complexity index is 273. The molecule has 0 aromatic carbocycles. The minimum absolute atomic E-state index is 0.237. The molecule has 0 aromatic rings. The molecule has 1 amide bonds. The summed E-state index contributed by atoms with van der Waals surface area (Å²) in [5, 5.41) is 0. The molecule has 3 heteroatoms. The van der Waals surface area contributed by atoms with Gasteiger partial charge in [-0.2, -0.15) is 0 Å². The largest absolute Gasteiger partial charge is 0.368 e. The zero-order chi connectivity index (χ0) is 11.8. The third-order valence-corrected chi connectivity index (χ3v) is 4.45. The van der Waals surface area contributed by atoms with Crippen LogP contribution in [0.5, 0.6) is 0 Å². The van der Waals surface area contributed by atoms with E-state index in [0.717, 1.165) is 31.8 Å². The normalized spacial score (nSPS) is 29.2. The molecule has 92 valence electrons. The van der Waals surface area contributed by atoms with Gasteiger partial charge in [-0.1, -0.05) is 20.3 Å². The lowest BCUT2D eigenvalue weighted by atomic mass is 9.91. The summed E-state index contributed by atoms with van der Waals surface area (Å²) in [6, 6.07) is 0. The molecule has 0 aromatic heterocycles. The molecule has 0 bridgehead atoms. The number of hydrogen-bond donors (Lipinski definition) is 0. The molecule has 0 spiro atoms. The summed E-state index contributed by atoms with van der Waals surface area (Å²) >= 11 is 0. The number of likely N-dealkylation sites (tertiary alicyclic amines) is 1. The minimum Gasteiger partial charge on any atom is -0.368 e. The Hall–Kier alpha value is -0.570. The number of hydrogen-bond acceptors (Lipinski definition) is 2. The van der Waals surface area contributed by atoms with Gasteiger partial charge in [-0.25, -0.2) is 0 Å². The molecule has 2 atom stereocenters. The van der Waals surface area contributed by atoms with Crippen molar-refractivity contribution in [1.29, 1.82) is 0 Å². The van der Waals surface area contributed by atoms with E-state index in [1.807, 2.05) is 4.90 Å². The van der Waals surface area contributed by atoms with Crippen LogP contribution in [0.3, 0.4) is 0 Å². The summed E-state index contributed by atoms with van der Waals surface area (Å²) in [5.74, 6) is 1.66. The second kappa shape index (κ2) is 4.36. The summed E-state index contributed by atoms with van der Waals surface area (Å²) in [4.78, 5) is 14.2. The van der Waals surface area contributed by atoms with Gasteiger partial charge in [0.2, 0.25) is 0 Å². The van der Waals surface area contributed by atoms with Crippen molar-refractivity contribution < 1.29 is 9.53 Å². The molecule has 2 rings (SSSR count). The number of rotatable bonds is 4. The van der Waals surface area contributed by atoms with E-state index < -0.39 is 5.60 Å². The summed E-state index contributed by atoms with van der Waals surface area (Å²) in [5.41, 5.74) is -0.426. The molecular weight excluding hydrogens is 202 g/mol. The summed E-state index contributed by atoms with van der Waals surface area (Å²) in [7, 11) is 1.66. The number of ether oxygens (including phenoxy) is 1. The number of nitrogens with zero attached hydrogens (tertiary/aromatic N) is 1. The maximum Gasteiger partial charge on any atom is 0.254 e. The average molecular weight is 225 g/mol. The van der Waals surface area contributed by atoms with Crippen molar-refractivity contribution in [2.45, 2.75) is 45.1 Å². The van der Waals surface area contributed by atoms with E-state index in [1.54, 1.807) is 7.11 Å². The van der Waals surface area contributed by atoms with Crippen LogP contribution in [-0.4, -0.2) is 36.6 Å². The lowest BCUT2D eigenvalue weighted by molar-refractivity contribution is -0.143. The zero-order valence-electron chi connectivity index (χ0n) is 10.7. The lowest BCUT2D eigenvalue weighted by Crippen LogP contribution is -2.40. The molecule has 1 aliphatic carbocycles. The first-order valence-corrected chi connectivity index (χ1v) is 6.47. The Morgan fingerprint density at radius 1 is 1.56 bits per heavy atom. The maximum absolute atomic E-state index is 12.2. The van der Waals surface area contributed by atoms with E-state index in [1.165, 1.54) is 12.8 Å². The monoisotopic (exact) mass is 225 g/mol. The fraction of sp³-hybridized carbons (Fsp3) is 0.923. The van der Waals surface area contributed by atoms with E-state index in [0.29, 0.717) is 5.92 Å². The quantitative estimate of drug-likeness (QED) is 0.733. The Morgan fingerprint density at radius 2 is 2.25 bits per heavy atom. The highest BCUT2D eigenvalue weighted by atomic mass is 16.5. The lowest BCUT2D eigenvalue weighted by Gasteiger charge is -2.23. The average Bonchev–Trinajstić information content (AvgIpc) is 2.97. The first-order chi connectivity index (χ1) is 7.63. The van der Waals surface area contributed by atoms with E-state index in [4.69, 9.17) is 4.74 Å². The van der Waals surface area contributed by atoms with Crippen LogP contribution >= 0.6 is 0 Å². The fourth-order valence-corrected chi connectivity index (χ4v) is 2.68. The van der Waals surface area contributed by atoms with Gasteiger partial charge in [0.05, 0.1) is 0 Å². The van der Waals surface area contributed by atoms with Gasteiger partial charge >= 0.3 is 0 Å². The van der Waals surface area contributed by atoms with Crippen molar-refractivity contribution in [1.82, 2.24) is 4.90 Å². The van der Waals surface area contributed by atoms with Crippen LogP contribution in [0.2, 0.25) is 0 Å². The molecule has 1 aliphatic heterocycles. The highest BCUT2D eigenvalue weighted by molar-refractivity contribution is 5.88. The number of methoxy groups -OCH3 is 1. The number of amides is 1. The van der Waals surface area contributed by atoms with Crippen LogP contribution in [-0.2, 0) is 9.53 Å². The predicted octanol–water partition coefficient (Wildman–Crippen LogP) is 2.06. The predicted molar refractivity (Wildman–Crippen MR) is 63.1 cm³/mol. The van der Waals surface area contributed by atoms with Crippen molar-refractivity contribution in [2.24, 2.45) is 11.8 Å². The molecule has 3 nitrogen and oxygen atoms in total. The SMILES string of the molecule is CCC(C)C1CCN(C(=O)C2(OC)CC2)C1. The molecule has 2 unspecified atom stereocenters.